The van der Waals surface area contributed by atoms with Gasteiger partial charge >= 0.3 is 6.18 Å². The molecule has 3 atom stereocenters. The molecule has 3 unspecified atom stereocenters. The van der Waals surface area contributed by atoms with Crippen LogP contribution in [0.1, 0.15) is 29.5 Å². The van der Waals surface area contributed by atoms with Gasteiger partial charge in [-0.3, -0.25) is 0 Å². The fourth-order valence-electron chi connectivity index (χ4n) is 3.18. The van der Waals surface area contributed by atoms with E-state index in [1.807, 2.05) is 0 Å². The topological polar surface area (TPSA) is 58.9 Å². The second kappa shape index (κ2) is 11.1. The SMILES string of the molecule is C#C.OCC1CC(O)CC(Oc2c(F)cc(F)cc2/C=C/c2ccccc2C(F)(F)F)O1. The number of halogens is 5. The Morgan fingerprint density at radius 2 is 1.72 bits per heavy atom. The summed E-state index contributed by atoms with van der Waals surface area (Å²) in [6.45, 7) is -0.385. The van der Waals surface area contributed by atoms with Gasteiger partial charge in [-0.2, -0.15) is 13.2 Å². The monoisotopic (exact) mass is 456 g/mol. The Morgan fingerprint density at radius 1 is 1.06 bits per heavy atom. The van der Waals surface area contributed by atoms with Gasteiger partial charge in [0.05, 0.1) is 24.4 Å². The van der Waals surface area contributed by atoms with Crippen LogP contribution in [0.5, 0.6) is 5.75 Å². The first-order valence-electron chi connectivity index (χ1n) is 9.45. The Kier molecular flexibility index (Phi) is 8.78. The lowest BCUT2D eigenvalue weighted by molar-refractivity contribution is -0.185. The van der Waals surface area contributed by atoms with E-state index in [1.54, 1.807) is 0 Å². The molecule has 9 heteroatoms. The molecule has 0 spiro atoms. The molecule has 32 heavy (non-hydrogen) atoms. The normalized spacial score (nSPS) is 21.1. The average molecular weight is 456 g/mol. The summed E-state index contributed by atoms with van der Waals surface area (Å²) in [6, 6.07) is 6.25. The van der Waals surface area contributed by atoms with Crippen LogP contribution < -0.4 is 4.74 Å². The van der Waals surface area contributed by atoms with E-state index in [4.69, 9.17) is 9.47 Å². The van der Waals surface area contributed by atoms with Crippen molar-refractivity contribution in [2.24, 2.45) is 0 Å². The molecule has 0 amide bonds. The smallest absolute Gasteiger partial charge is 0.416 e. The number of aliphatic hydroxyl groups is 2. The maximum Gasteiger partial charge on any atom is 0.416 e. The highest BCUT2D eigenvalue weighted by atomic mass is 19.4. The van der Waals surface area contributed by atoms with Crippen LogP contribution in [-0.4, -0.2) is 35.3 Å². The molecular weight excluding hydrogens is 435 g/mol. The minimum absolute atomic E-state index is 0.0205. The molecule has 0 aromatic heterocycles. The lowest BCUT2D eigenvalue weighted by Crippen LogP contribution is -2.40. The summed E-state index contributed by atoms with van der Waals surface area (Å²) in [4.78, 5) is 0. The summed E-state index contributed by atoms with van der Waals surface area (Å²) >= 11 is 0. The molecule has 1 heterocycles. The zero-order chi connectivity index (χ0) is 23.9. The minimum atomic E-state index is -4.60. The van der Waals surface area contributed by atoms with Gasteiger partial charge in [0.15, 0.2) is 11.6 Å². The highest BCUT2D eigenvalue weighted by Gasteiger charge is 2.33. The third-order valence-electron chi connectivity index (χ3n) is 4.54. The second-order valence-electron chi connectivity index (χ2n) is 6.84. The molecule has 1 aliphatic rings. The zero-order valence-corrected chi connectivity index (χ0v) is 16.7. The van der Waals surface area contributed by atoms with E-state index in [0.29, 0.717) is 6.07 Å². The van der Waals surface area contributed by atoms with Gasteiger partial charge < -0.3 is 19.7 Å². The Morgan fingerprint density at radius 3 is 2.38 bits per heavy atom. The lowest BCUT2D eigenvalue weighted by atomic mass is 10.0. The quantitative estimate of drug-likeness (QED) is 0.391. The molecule has 172 valence electrons. The van der Waals surface area contributed by atoms with Crippen molar-refractivity contribution in [3.8, 4) is 18.6 Å². The van der Waals surface area contributed by atoms with E-state index in [2.05, 4.69) is 12.8 Å². The van der Waals surface area contributed by atoms with Crippen LogP contribution in [-0.2, 0) is 10.9 Å². The summed E-state index contributed by atoms with van der Waals surface area (Å²) in [5.41, 5.74) is -1.23. The fourth-order valence-corrected chi connectivity index (χ4v) is 3.18. The summed E-state index contributed by atoms with van der Waals surface area (Å²) < 4.78 is 78.5. The van der Waals surface area contributed by atoms with Gasteiger partial charge in [-0.05, 0) is 17.7 Å². The standard InChI is InChI=1S/C21H19F5O4.C2H2/c22-14-7-13(6-5-12-3-1-2-4-17(12)21(24,25)26)20(18(23)8-14)30-19-10-15(28)9-16(11-27)29-19;1-2/h1-8,15-16,19,27-28H,9-11H2;1-2H/b6-5+;. The number of hydrogen-bond acceptors (Lipinski definition) is 4. The van der Waals surface area contributed by atoms with Gasteiger partial charge in [-0.15, -0.1) is 12.8 Å². The summed E-state index contributed by atoms with van der Waals surface area (Å²) in [7, 11) is 0. The highest BCUT2D eigenvalue weighted by Crippen LogP contribution is 2.34. The molecule has 1 aliphatic heterocycles. The summed E-state index contributed by atoms with van der Waals surface area (Å²) in [6.07, 6.45) is 3.03. The molecule has 0 saturated carbocycles. The van der Waals surface area contributed by atoms with E-state index in [9.17, 15) is 32.2 Å². The molecule has 2 aromatic carbocycles. The number of rotatable bonds is 5. The Balaban J connectivity index is 0.00000176. The van der Waals surface area contributed by atoms with Crippen molar-refractivity contribution in [1.29, 1.82) is 0 Å². The Bertz CT molecular complexity index is 955. The van der Waals surface area contributed by atoms with Crippen molar-refractivity contribution in [3.05, 3.63) is 64.7 Å². The molecule has 0 radical (unpaired) electrons. The molecule has 1 saturated heterocycles. The molecule has 0 aliphatic carbocycles. The van der Waals surface area contributed by atoms with Crippen molar-refractivity contribution in [1.82, 2.24) is 0 Å². The molecule has 0 bridgehead atoms. The van der Waals surface area contributed by atoms with E-state index in [0.717, 1.165) is 24.3 Å². The van der Waals surface area contributed by atoms with Crippen LogP contribution in [0.3, 0.4) is 0 Å². The maximum atomic E-state index is 14.4. The molecule has 2 N–H and O–H groups in total. The van der Waals surface area contributed by atoms with Gasteiger partial charge in [-0.25, -0.2) is 8.78 Å². The van der Waals surface area contributed by atoms with E-state index in [1.165, 1.54) is 18.2 Å². The molecule has 2 aromatic rings. The van der Waals surface area contributed by atoms with Crippen LogP contribution in [0.2, 0.25) is 0 Å². The summed E-state index contributed by atoms with van der Waals surface area (Å²) in [5, 5.41) is 19.1. The van der Waals surface area contributed by atoms with Gasteiger partial charge in [0, 0.05) is 24.5 Å². The van der Waals surface area contributed by atoms with E-state index in [-0.39, 0.29) is 30.6 Å². The van der Waals surface area contributed by atoms with Crippen molar-refractivity contribution >= 4 is 12.2 Å². The van der Waals surface area contributed by atoms with E-state index >= 15 is 0 Å². The number of hydrogen-bond donors (Lipinski definition) is 2. The number of ether oxygens (including phenoxy) is 2. The Hall–Kier alpha value is -2.93. The first-order chi connectivity index (χ1) is 15.2. The van der Waals surface area contributed by atoms with Crippen LogP contribution in [0.15, 0.2) is 36.4 Å². The van der Waals surface area contributed by atoms with Crippen LogP contribution >= 0.6 is 0 Å². The van der Waals surface area contributed by atoms with Gasteiger partial charge in [0.25, 0.3) is 0 Å². The van der Waals surface area contributed by atoms with Crippen molar-refractivity contribution in [2.75, 3.05) is 6.61 Å². The van der Waals surface area contributed by atoms with Gasteiger partial charge in [-0.1, -0.05) is 30.4 Å². The largest absolute Gasteiger partial charge is 0.461 e. The average Bonchev–Trinajstić information content (AvgIpc) is 2.75. The number of benzene rings is 2. The number of alkyl halides is 3. The van der Waals surface area contributed by atoms with Crippen molar-refractivity contribution < 1.29 is 41.6 Å². The minimum Gasteiger partial charge on any atom is -0.461 e. The number of aliphatic hydroxyl groups excluding tert-OH is 2. The van der Waals surface area contributed by atoms with Crippen LogP contribution in [0.4, 0.5) is 22.0 Å². The second-order valence-corrected chi connectivity index (χ2v) is 6.84. The molecule has 1 fully saturated rings. The maximum absolute atomic E-state index is 14.4. The number of terminal acetylenes is 1. The van der Waals surface area contributed by atoms with Crippen LogP contribution in [0, 0.1) is 24.5 Å². The van der Waals surface area contributed by atoms with Gasteiger partial charge in [0.2, 0.25) is 6.29 Å². The lowest BCUT2D eigenvalue weighted by Gasteiger charge is -2.32. The highest BCUT2D eigenvalue weighted by molar-refractivity contribution is 5.74. The Labute approximate surface area is 181 Å². The summed E-state index contributed by atoms with van der Waals surface area (Å²) in [5.74, 6) is -2.46. The van der Waals surface area contributed by atoms with E-state index < -0.39 is 47.6 Å². The first-order valence-corrected chi connectivity index (χ1v) is 9.45. The predicted molar refractivity (Wildman–Crippen MR) is 108 cm³/mol. The first kappa shape index (κ1) is 25.3. The van der Waals surface area contributed by atoms with Gasteiger partial charge in [0.1, 0.15) is 5.82 Å². The molecular formula is C23H21F5O4. The van der Waals surface area contributed by atoms with Crippen molar-refractivity contribution in [2.45, 2.75) is 37.5 Å². The van der Waals surface area contributed by atoms with Crippen LogP contribution in [0.25, 0.3) is 12.2 Å². The fraction of sp³-hybridized carbons (Fsp3) is 0.304. The van der Waals surface area contributed by atoms with Crippen molar-refractivity contribution in [3.63, 3.8) is 0 Å². The third kappa shape index (κ3) is 6.53. The zero-order valence-electron chi connectivity index (χ0n) is 16.7. The molecule has 3 rings (SSSR count). The third-order valence-corrected chi connectivity index (χ3v) is 4.54. The molecule has 4 nitrogen and oxygen atoms in total. The predicted octanol–water partition coefficient (Wildman–Crippen LogP) is 4.64.